The van der Waals surface area contributed by atoms with E-state index in [4.69, 9.17) is 9.26 Å². The van der Waals surface area contributed by atoms with Crippen molar-refractivity contribution in [2.45, 2.75) is 39.9 Å². The van der Waals surface area contributed by atoms with Gasteiger partial charge >= 0.3 is 0 Å². The minimum absolute atomic E-state index is 0.325. The number of nitrogens with zero attached hydrogens (tertiary/aromatic N) is 1. The van der Waals surface area contributed by atoms with E-state index in [-0.39, 0.29) is 6.10 Å². The van der Waals surface area contributed by atoms with Crippen molar-refractivity contribution < 1.29 is 14.4 Å². The number of aliphatic hydroxyl groups is 1. The topological polar surface area (TPSA) is 55.5 Å². The van der Waals surface area contributed by atoms with Gasteiger partial charge in [0, 0.05) is 0 Å². The van der Waals surface area contributed by atoms with Crippen molar-refractivity contribution in [3.8, 4) is 5.75 Å². The first-order chi connectivity index (χ1) is 9.06. The van der Waals surface area contributed by atoms with E-state index in [1.165, 1.54) is 0 Å². The molecule has 0 spiro atoms. The number of hydrogen-bond donors (Lipinski definition) is 1. The Hall–Kier alpha value is -1.81. The Kier molecular flexibility index (Phi) is 4.22. The predicted octanol–water partition coefficient (Wildman–Crippen LogP) is 2.79. The van der Waals surface area contributed by atoms with Crippen LogP contribution in [0.2, 0.25) is 0 Å². The molecule has 0 radical (unpaired) electrons. The molecule has 0 saturated carbocycles. The van der Waals surface area contributed by atoms with E-state index < -0.39 is 0 Å². The Bertz CT molecular complexity index is 509. The number of aryl methyl sites for hydroxylation is 2. The highest BCUT2D eigenvalue weighted by molar-refractivity contribution is 5.28. The van der Waals surface area contributed by atoms with Gasteiger partial charge in [0.1, 0.15) is 18.1 Å². The van der Waals surface area contributed by atoms with Gasteiger partial charge in [-0.2, -0.15) is 0 Å². The highest BCUT2D eigenvalue weighted by Crippen LogP contribution is 2.18. The number of rotatable bonds is 5. The molecule has 0 aliphatic carbocycles. The van der Waals surface area contributed by atoms with E-state index in [0.29, 0.717) is 13.0 Å². The number of ether oxygens (including phenoxy) is 1. The van der Waals surface area contributed by atoms with Gasteiger partial charge in [-0.05, 0) is 44.9 Å². The van der Waals surface area contributed by atoms with Crippen molar-refractivity contribution >= 4 is 0 Å². The zero-order valence-corrected chi connectivity index (χ0v) is 11.5. The lowest BCUT2D eigenvalue weighted by Crippen LogP contribution is -2.04. The molecule has 102 valence electrons. The van der Waals surface area contributed by atoms with Crippen LogP contribution < -0.4 is 4.74 Å². The maximum atomic E-state index is 9.32. The second-order valence-corrected chi connectivity index (χ2v) is 4.79. The molecule has 1 N–H and O–H groups in total. The highest BCUT2D eigenvalue weighted by atomic mass is 16.5. The summed E-state index contributed by atoms with van der Waals surface area (Å²) >= 11 is 0. The number of benzene rings is 1. The van der Waals surface area contributed by atoms with Crippen LogP contribution >= 0.6 is 0 Å². The fraction of sp³-hybridized carbons (Fsp3) is 0.400. The fourth-order valence-corrected chi connectivity index (χ4v) is 1.93. The molecule has 4 heteroatoms. The average Bonchev–Trinajstić information content (AvgIpc) is 2.68. The Labute approximate surface area is 113 Å². The SMILES string of the molecule is Cc1noc(C)c1COc1ccc(CC(C)O)cc1. The summed E-state index contributed by atoms with van der Waals surface area (Å²) in [6.07, 6.45) is 0.332. The number of aliphatic hydroxyl groups excluding tert-OH is 1. The van der Waals surface area contributed by atoms with E-state index in [0.717, 1.165) is 28.3 Å². The summed E-state index contributed by atoms with van der Waals surface area (Å²) in [5, 5.41) is 13.2. The van der Waals surface area contributed by atoms with E-state index in [1.807, 2.05) is 38.1 Å². The van der Waals surface area contributed by atoms with Gasteiger partial charge in [0.15, 0.2) is 0 Å². The summed E-state index contributed by atoms with van der Waals surface area (Å²) in [6, 6.07) is 7.76. The molecule has 0 aliphatic heterocycles. The zero-order valence-electron chi connectivity index (χ0n) is 11.5. The molecule has 1 unspecified atom stereocenters. The van der Waals surface area contributed by atoms with Gasteiger partial charge in [0.25, 0.3) is 0 Å². The molecule has 19 heavy (non-hydrogen) atoms. The van der Waals surface area contributed by atoms with Crippen molar-refractivity contribution in [1.29, 1.82) is 0 Å². The van der Waals surface area contributed by atoms with Crippen molar-refractivity contribution in [1.82, 2.24) is 5.16 Å². The van der Waals surface area contributed by atoms with Crippen LogP contribution in [-0.2, 0) is 13.0 Å². The third-order valence-corrected chi connectivity index (χ3v) is 3.02. The van der Waals surface area contributed by atoms with Gasteiger partial charge in [0.2, 0.25) is 0 Å². The smallest absolute Gasteiger partial charge is 0.140 e. The van der Waals surface area contributed by atoms with E-state index >= 15 is 0 Å². The first kappa shape index (κ1) is 13.6. The van der Waals surface area contributed by atoms with Crippen LogP contribution in [0.25, 0.3) is 0 Å². The second-order valence-electron chi connectivity index (χ2n) is 4.79. The summed E-state index contributed by atoms with van der Waals surface area (Å²) in [5.41, 5.74) is 2.95. The standard InChI is InChI=1S/C15H19NO3/c1-10(17)8-13-4-6-14(7-5-13)18-9-15-11(2)16-19-12(15)3/h4-7,10,17H,8-9H2,1-3H3. The van der Waals surface area contributed by atoms with E-state index in [9.17, 15) is 5.11 Å². The van der Waals surface area contributed by atoms with Crippen LogP contribution in [0.15, 0.2) is 28.8 Å². The number of hydrogen-bond acceptors (Lipinski definition) is 4. The summed E-state index contributed by atoms with van der Waals surface area (Å²) < 4.78 is 10.8. The van der Waals surface area contributed by atoms with Crippen molar-refractivity contribution in [2.24, 2.45) is 0 Å². The normalized spacial score (nSPS) is 12.4. The average molecular weight is 261 g/mol. The minimum Gasteiger partial charge on any atom is -0.489 e. The lowest BCUT2D eigenvalue weighted by Gasteiger charge is -2.08. The summed E-state index contributed by atoms with van der Waals surface area (Å²) in [7, 11) is 0. The maximum absolute atomic E-state index is 9.32. The lowest BCUT2D eigenvalue weighted by atomic mass is 10.1. The van der Waals surface area contributed by atoms with Crippen LogP contribution in [0.1, 0.15) is 29.5 Å². The fourth-order valence-electron chi connectivity index (χ4n) is 1.93. The molecule has 0 aliphatic rings. The molecule has 4 nitrogen and oxygen atoms in total. The van der Waals surface area contributed by atoms with Crippen LogP contribution in [0, 0.1) is 13.8 Å². The molecule has 1 aromatic carbocycles. The Morgan fingerprint density at radius 2 is 1.95 bits per heavy atom. The largest absolute Gasteiger partial charge is 0.489 e. The van der Waals surface area contributed by atoms with E-state index in [2.05, 4.69) is 5.16 Å². The zero-order chi connectivity index (χ0) is 13.8. The molecule has 2 rings (SSSR count). The molecule has 1 atom stereocenters. The van der Waals surface area contributed by atoms with Crippen molar-refractivity contribution in [3.63, 3.8) is 0 Å². The van der Waals surface area contributed by atoms with Crippen LogP contribution in [-0.4, -0.2) is 16.4 Å². The van der Waals surface area contributed by atoms with Gasteiger partial charge < -0.3 is 14.4 Å². The molecule has 1 aromatic heterocycles. The molecule has 0 amide bonds. The molecule has 1 heterocycles. The summed E-state index contributed by atoms with van der Waals surface area (Å²) in [6.45, 7) is 6.02. The van der Waals surface area contributed by atoms with E-state index in [1.54, 1.807) is 6.92 Å². The maximum Gasteiger partial charge on any atom is 0.140 e. The van der Waals surface area contributed by atoms with Crippen LogP contribution in [0.5, 0.6) is 5.75 Å². The van der Waals surface area contributed by atoms with Crippen molar-refractivity contribution in [3.05, 3.63) is 46.8 Å². The lowest BCUT2D eigenvalue weighted by molar-refractivity contribution is 0.195. The van der Waals surface area contributed by atoms with Crippen LogP contribution in [0.4, 0.5) is 0 Å². The van der Waals surface area contributed by atoms with Gasteiger partial charge in [-0.15, -0.1) is 0 Å². The molecular formula is C15H19NO3. The van der Waals surface area contributed by atoms with Crippen molar-refractivity contribution in [2.75, 3.05) is 0 Å². The quantitative estimate of drug-likeness (QED) is 0.899. The Balaban J connectivity index is 1.97. The van der Waals surface area contributed by atoms with Gasteiger partial charge in [-0.25, -0.2) is 0 Å². The Morgan fingerprint density at radius 1 is 1.26 bits per heavy atom. The summed E-state index contributed by atoms with van der Waals surface area (Å²) in [4.78, 5) is 0. The molecule has 2 aromatic rings. The van der Waals surface area contributed by atoms with Gasteiger partial charge in [-0.3, -0.25) is 0 Å². The van der Waals surface area contributed by atoms with Gasteiger partial charge in [0.05, 0.1) is 17.4 Å². The minimum atomic E-state index is -0.325. The highest BCUT2D eigenvalue weighted by Gasteiger charge is 2.09. The second kappa shape index (κ2) is 5.89. The third kappa shape index (κ3) is 3.58. The molecule has 0 bridgehead atoms. The monoisotopic (exact) mass is 261 g/mol. The van der Waals surface area contributed by atoms with Crippen LogP contribution in [0.3, 0.4) is 0 Å². The first-order valence-electron chi connectivity index (χ1n) is 6.38. The number of aromatic nitrogens is 1. The molecule has 0 fully saturated rings. The third-order valence-electron chi connectivity index (χ3n) is 3.02. The molecular weight excluding hydrogens is 242 g/mol. The Morgan fingerprint density at radius 3 is 2.47 bits per heavy atom. The summed E-state index contributed by atoms with van der Waals surface area (Å²) in [5.74, 6) is 1.59. The first-order valence-corrected chi connectivity index (χ1v) is 6.38. The van der Waals surface area contributed by atoms with Gasteiger partial charge in [-0.1, -0.05) is 17.3 Å². The molecule has 0 saturated heterocycles. The predicted molar refractivity (Wildman–Crippen MR) is 72.1 cm³/mol.